The molecule has 0 aromatic rings. The van der Waals surface area contributed by atoms with Gasteiger partial charge in [-0.05, 0) is 12.8 Å². The fourth-order valence-electron chi connectivity index (χ4n) is 6.36. The van der Waals surface area contributed by atoms with Crippen LogP contribution >= 0.6 is 0 Å². The van der Waals surface area contributed by atoms with E-state index in [1.807, 2.05) is 0 Å². The highest BCUT2D eigenvalue weighted by atomic mass is 16.4. The quantitative estimate of drug-likeness (QED) is 0.214. The molecule has 0 radical (unpaired) electrons. The molecule has 8 heteroatoms. The second kappa shape index (κ2) is 7.67. The second-order valence-electron chi connectivity index (χ2n) is 9.11. The van der Waals surface area contributed by atoms with E-state index in [1.165, 1.54) is 0 Å². The topological polar surface area (TPSA) is 127 Å². The van der Waals surface area contributed by atoms with Crippen molar-refractivity contribution in [3.8, 4) is 0 Å². The zero-order valence-electron chi connectivity index (χ0n) is 16.4. The normalized spacial score (nSPS) is 42.2. The van der Waals surface area contributed by atoms with E-state index in [0.29, 0.717) is 32.0 Å². The summed E-state index contributed by atoms with van der Waals surface area (Å²) in [5, 5.41) is 49.9. The first-order valence-electron chi connectivity index (χ1n) is 10.3. The van der Waals surface area contributed by atoms with Gasteiger partial charge in [0.15, 0.2) is 11.9 Å². The molecule has 0 amide bonds. The predicted octanol–water partition coefficient (Wildman–Crippen LogP) is -4.30. The van der Waals surface area contributed by atoms with Crippen LogP contribution in [-0.2, 0) is 4.79 Å². The number of quaternary nitrogens is 2. The summed E-state index contributed by atoms with van der Waals surface area (Å²) in [6, 6.07) is 0. The second-order valence-corrected chi connectivity index (χ2v) is 9.11. The number of carbonyl (C=O) groups is 1. The zero-order chi connectivity index (χ0) is 20.0. The average molecular weight is 389 g/mol. The summed E-state index contributed by atoms with van der Waals surface area (Å²) >= 11 is 0. The lowest BCUT2D eigenvalue weighted by atomic mass is 9.57. The molecule has 0 saturated carbocycles. The maximum atomic E-state index is 13.4. The predicted molar refractivity (Wildman–Crippen MR) is 96.0 cm³/mol. The first-order chi connectivity index (χ1) is 12.7. The standard InChI is InChI=1S/C19H34N2O6/c1-3-5-18-8-20-10-19(6-4-2,17(18)27)11-21(9-18)16(20)15(26)14(25)13(24)12(23)7-22/h12-16,22-26H,3-11H2,1-2H3/p+2/t12-,13-,14+,15-,16?,18?,19?/m1/s1. The van der Waals surface area contributed by atoms with Gasteiger partial charge in [-0.1, -0.05) is 26.7 Å². The van der Waals surface area contributed by atoms with Crippen molar-refractivity contribution < 1.29 is 40.1 Å². The highest BCUT2D eigenvalue weighted by molar-refractivity contribution is 5.92. The van der Waals surface area contributed by atoms with E-state index in [9.17, 15) is 25.2 Å². The van der Waals surface area contributed by atoms with Crippen molar-refractivity contribution in [1.82, 2.24) is 0 Å². The number of aliphatic hydroxyl groups is 5. The Morgan fingerprint density at radius 1 is 0.926 bits per heavy atom. The van der Waals surface area contributed by atoms with E-state index >= 15 is 0 Å². The highest BCUT2D eigenvalue weighted by Crippen LogP contribution is 2.41. The van der Waals surface area contributed by atoms with E-state index in [4.69, 9.17) is 5.11 Å². The molecule has 0 aromatic carbocycles. The van der Waals surface area contributed by atoms with Crippen molar-refractivity contribution in [3.05, 3.63) is 0 Å². The zero-order valence-corrected chi connectivity index (χ0v) is 16.4. The number of ketones is 1. The fourth-order valence-corrected chi connectivity index (χ4v) is 6.36. The Hall–Kier alpha value is -0.610. The molecule has 4 aliphatic rings. The van der Waals surface area contributed by atoms with E-state index in [0.717, 1.165) is 35.5 Å². The van der Waals surface area contributed by atoms with E-state index in [2.05, 4.69) is 13.8 Å². The lowest BCUT2D eigenvalue weighted by molar-refractivity contribution is -1.17. The summed E-state index contributed by atoms with van der Waals surface area (Å²) in [7, 11) is 0. The molecular weight excluding hydrogens is 352 g/mol. The molecule has 8 nitrogen and oxygen atoms in total. The van der Waals surface area contributed by atoms with Crippen molar-refractivity contribution in [2.75, 3.05) is 32.8 Å². The summed E-state index contributed by atoms with van der Waals surface area (Å²) in [5.41, 5.74) is -0.703. The molecule has 0 aliphatic carbocycles. The Labute approximate surface area is 160 Å². The SMILES string of the molecule is CCCC12C[NH+]3CC(CCC)(C[NH+](C1)C3[C@H](O)[C@@H](O)[C@H](O)[C@H](O)CO)C2=O. The van der Waals surface area contributed by atoms with Crippen LogP contribution in [0.4, 0.5) is 0 Å². The molecule has 4 heterocycles. The smallest absolute Gasteiger partial charge is 0.242 e. The Bertz CT molecular complexity index is 514. The van der Waals surface area contributed by atoms with Gasteiger partial charge in [-0.25, -0.2) is 0 Å². The molecule has 7 N–H and O–H groups in total. The van der Waals surface area contributed by atoms with Gasteiger partial charge in [0.25, 0.3) is 0 Å². The van der Waals surface area contributed by atoms with Crippen LogP contribution < -0.4 is 9.80 Å². The minimum absolute atomic E-state index is 0.344. The van der Waals surface area contributed by atoms with Crippen LogP contribution in [0.15, 0.2) is 0 Å². The third-order valence-electron chi connectivity index (χ3n) is 7.18. The molecule has 4 saturated heterocycles. The number of hydrogen-bond acceptors (Lipinski definition) is 6. The van der Waals surface area contributed by atoms with Crippen LogP contribution in [0.3, 0.4) is 0 Å². The first kappa shape index (κ1) is 21.1. The third kappa shape index (κ3) is 3.25. The highest BCUT2D eigenvalue weighted by Gasteiger charge is 2.71. The van der Waals surface area contributed by atoms with Gasteiger partial charge in [0.1, 0.15) is 55.3 Å². The van der Waals surface area contributed by atoms with E-state index < -0.39 is 31.0 Å². The van der Waals surface area contributed by atoms with Crippen LogP contribution in [0.1, 0.15) is 39.5 Å². The van der Waals surface area contributed by atoms with Crippen molar-refractivity contribution in [2.24, 2.45) is 10.8 Å². The van der Waals surface area contributed by atoms with Crippen LogP contribution in [-0.4, -0.2) is 94.7 Å². The van der Waals surface area contributed by atoms with Gasteiger partial charge in [0.05, 0.1) is 6.61 Å². The lowest BCUT2D eigenvalue weighted by Gasteiger charge is -2.61. The molecular formula is C19H36N2O6+2. The minimum Gasteiger partial charge on any atom is -0.394 e. The summed E-state index contributed by atoms with van der Waals surface area (Å²) in [4.78, 5) is 15.6. The van der Waals surface area contributed by atoms with Crippen molar-refractivity contribution in [2.45, 2.75) is 70.1 Å². The number of Topliss-reactive ketones (excluding diaryl/α,β-unsaturated/α-hetero) is 1. The Kier molecular flexibility index (Phi) is 5.99. The van der Waals surface area contributed by atoms with E-state index in [-0.39, 0.29) is 17.0 Å². The maximum absolute atomic E-state index is 13.4. The van der Waals surface area contributed by atoms with Crippen molar-refractivity contribution >= 4 is 5.78 Å². The Morgan fingerprint density at radius 2 is 1.37 bits per heavy atom. The van der Waals surface area contributed by atoms with Gasteiger partial charge >= 0.3 is 0 Å². The summed E-state index contributed by atoms with van der Waals surface area (Å²) in [6.07, 6.45) is -2.67. The molecule has 4 bridgehead atoms. The number of nitrogens with one attached hydrogen (secondary N) is 2. The Balaban J connectivity index is 1.86. The van der Waals surface area contributed by atoms with Crippen LogP contribution in [0.5, 0.6) is 0 Å². The van der Waals surface area contributed by atoms with Crippen molar-refractivity contribution in [3.63, 3.8) is 0 Å². The van der Waals surface area contributed by atoms with Gasteiger partial charge < -0.3 is 25.5 Å². The first-order valence-corrected chi connectivity index (χ1v) is 10.3. The van der Waals surface area contributed by atoms with Gasteiger partial charge in [-0.2, -0.15) is 0 Å². The number of piperidine rings is 2. The molecule has 156 valence electrons. The number of aliphatic hydroxyl groups excluding tert-OH is 5. The number of hydrogen-bond donors (Lipinski definition) is 7. The van der Waals surface area contributed by atoms with E-state index in [1.54, 1.807) is 0 Å². The fraction of sp³-hybridized carbons (Fsp3) is 0.947. The number of rotatable bonds is 9. The minimum atomic E-state index is -1.61. The lowest BCUT2D eigenvalue weighted by Crippen LogP contribution is -3.46. The third-order valence-corrected chi connectivity index (χ3v) is 7.18. The average Bonchev–Trinajstić information content (AvgIpc) is 2.63. The van der Waals surface area contributed by atoms with Gasteiger partial charge in [0, 0.05) is 0 Å². The molecule has 4 fully saturated rings. The largest absolute Gasteiger partial charge is 0.394 e. The molecule has 0 spiro atoms. The Morgan fingerprint density at radius 3 is 1.74 bits per heavy atom. The maximum Gasteiger partial charge on any atom is 0.242 e. The molecule has 4 rings (SSSR count). The number of carbonyl (C=O) groups excluding carboxylic acids is 1. The van der Waals surface area contributed by atoms with Gasteiger partial charge in [-0.15, -0.1) is 0 Å². The van der Waals surface area contributed by atoms with Crippen LogP contribution in [0.2, 0.25) is 0 Å². The monoisotopic (exact) mass is 388 g/mol. The van der Waals surface area contributed by atoms with Crippen LogP contribution in [0.25, 0.3) is 0 Å². The molecule has 4 aliphatic heterocycles. The molecule has 4 atom stereocenters. The summed E-state index contributed by atoms with van der Waals surface area (Å²) in [5.74, 6) is 0.399. The molecule has 27 heavy (non-hydrogen) atoms. The van der Waals surface area contributed by atoms with Gasteiger partial charge in [0.2, 0.25) is 6.17 Å². The summed E-state index contributed by atoms with van der Waals surface area (Å²) in [6.45, 7) is 6.12. The molecule has 0 unspecified atom stereocenters. The van der Waals surface area contributed by atoms with Gasteiger partial charge in [-0.3, -0.25) is 14.6 Å². The molecule has 0 aromatic heterocycles. The van der Waals surface area contributed by atoms with Crippen molar-refractivity contribution in [1.29, 1.82) is 0 Å². The summed E-state index contributed by atoms with van der Waals surface area (Å²) < 4.78 is 0. The van der Waals surface area contributed by atoms with Crippen LogP contribution in [0, 0.1) is 10.8 Å².